The molecule has 0 bridgehead atoms. The van der Waals surface area contributed by atoms with E-state index in [-0.39, 0.29) is 0 Å². The summed E-state index contributed by atoms with van der Waals surface area (Å²) in [5.41, 5.74) is 0. The highest BCUT2D eigenvalue weighted by Gasteiger charge is 2.35. The first kappa shape index (κ1) is 11.4. The third-order valence-corrected chi connectivity index (χ3v) is 4.97. The summed E-state index contributed by atoms with van der Waals surface area (Å²) in [6, 6.07) is 0. The largest absolute Gasteiger partial charge is 0.172 e. The fourth-order valence-electron chi connectivity index (χ4n) is 2.46. The second-order valence-corrected chi connectivity index (χ2v) is 5.66. The minimum atomic E-state index is 0.362. The molecule has 0 aromatic rings. The van der Waals surface area contributed by atoms with Crippen molar-refractivity contribution in [2.45, 2.75) is 64.0 Å². The van der Waals surface area contributed by atoms with Crippen LogP contribution >= 0.6 is 12.6 Å². The van der Waals surface area contributed by atoms with Gasteiger partial charge in [0.1, 0.15) is 0 Å². The Morgan fingerprint density at radius 3 is 2.23 bits per heavy atom. The predicted molar refractivity (Wildman–Crippen MR) is 63.4 cm³/mol. The Labute approximate surface area is 88.9 Å². The molecule has 1 aliphatic rings. The van der Waals surface area contributed by atoms with E-state index in [4.69, 9.17) is 12.6 Å². The Hall–Kier alpha value is 0.350. The van der Waals surface area contributed by atoms with E-state index in [2.05, 4.69) is 20.8 Å². The average Bonchev–Trinajstić information content (AvgIpc) is 2.18. The van der Waals surface area contributed by atoms with E-state index in [1.165, 1.54) is 38.5 Å². The highest BCUT2D eigenvalue weighted by Crippen LogP contribution is 2.43. The summed E-state index contributed by atoms with van der Waals surface area (Å²) < 4.78 is 0.362. The summed E-state index contributed by atoms with van der Waals surface area (Å²) in [6.07, 6.45) is 8.13. The van der Waals surface area contributed by atoms with Gasteiger partial charge in [-0.2, -0.15) is 12.6 Å². The van der Waals surface area contributed by atoms with Crippen LogP contribution in [0.4, 0.5) is 0 Å². The third-order valence-electron chi connectivity index (χ3n) is 4.08. The van der Waals surface area contributed by atoms with Crippen LogP contribution in [0.5, 0.6) is 0 Å². The molecule has 78 valence electrons. The molecule has 1 rings (SSSR count). The van der Waals surface area contributed by atoms with Gasteiger partial charge in [0.2, 0.25) is 0 Å². The maximum Gasteiger partial charge on any atom is 0.0155 e. The van der Waals surface area contributed by atoms with Crippen molar-refractivity contribution in [3.05, 3.63) is 0 Å². The molecule has 1 heteroatoms. The summed E-state index contributed by atoms with van der Waals surface area (Å²) in [6.45, 7) is 6.97. The zero-order chi connectivity index (χ0) is 9.90. The van der Waals surface area contributed by atoms with Gasteiger partial charge in [-0.1, -0.05) is 33.6 Å². The van der Waals surface area contributed by atoms with Crippen LogP contribution in [0.15, 0.2) is 0 Å². The molecule has 0 N–H and O–H groups in total. The molecule has 0 aliphatic heterocycles. The Morgan fingerprint density at radius 1 is 1.31 bits per heavy atom. The van der Waals surface area contributed by atoms with E-state index in [0.717, 1.165) is 11.8 Å². The van der Waals surface area contributed by atoms with Gasteiger partial charge >= 0.3 is 0 Å². The Kier molecular flexibility index (Phi) is 4.15. The quantitative estimate of drug-likeness (QED) is 0.645. The zero-order valence-corrected chi connectivity index (χ0v) is 10.2. The van der Waals surface area contributed by atoms with E-state index < -0.39 is 0 Å². The number of hydrogen-bond acceptors (Lipinski definition) is 1. The fraction of sp³-hybridized carbons (Fsp3) is 1.00. The molecule has 0 spiro atoms. The van der Waals surface area contributed by atoms with Gasteiger partial charge in [0.25, 0.3) is 0 Å². The lowest BCUT2D eigenvalue weighted by Gasteiger charge is -2.40. The molecule has 0 aromatic carbocycles. The molecule has 0 saturated heterocycles. The van der Waals surface area contributed by atoms with Crippen LogP contribution in [0.25, 0.3) is 0 Å². The third kappa shape index (κ3) is 2.65. The highest BCUT2D eigenvalue weighted by atomic mass is 32.1. The van der Waals surface area contributed by atoms with Crippen molar-refractivity contribution >= 4 is 12.6 Å². The summed E-state index contributed by atoms with van der Waals surface area (Å²) in [4.78, 5) is 0. The lowest BCUT2D eigenvalue weighted by molar-refractivity contribution is 0.240. The van der Waals surface area contributed by atoms with Gasteiger partial charge in [-0.3, -0.25) is 0 Å². The van der Waals surface area contributed by atoms with Crippen molar-refractivity contribution in [1.82, 2.24) is 0 Å². The number of rotatable bonds is 3. The van der Waals surface area contributed by atoms with E-state index in [1.54, 1.807) is 0 Å². The lowest BCUT2D eigenvalue weighted by Crippen LogP contribution is -2.34. The van der Waals surface area contributed by atoms with E-state index >= 15 is 0 Å². The molecule has 1 fully saturated rings. The maximum absolute atomic E-state index is 4.90. The summed E-state index contributed by atoms with van der Waals surface area (Å²) in [5.74, 6) is 1.78. The van der Waals surface area contributed by atoms with Crippen molar-refractivity contribution in [3.63, 3.8) is 0 Å². The molecule has 0 aromatic heterocycles. The molecule has 0 nitrogen and oxygen atoms in total. The van der Waals surface area contributed by atoms with E-state index in [1.807, 2.05) is 0 Å². The minimum absolute atomic E-state index is 0.362. The molecular weight excluding hydrogens is 176 g/mol. The first-order chi connectivity index (χ1) is 6.12. The van der Waals surface area contributed by atoms with Crippen LogP contribution in [0.1, 0.15) is 59.3 Å². The smallest absolute Gasteiger partial charge is 0.0155 e. The van der Waals surface area contributed by atoms with Gasteiger partial charge < -0.3 is 0 Å². The van der Waals surface area contributed by atoms with Gasteiger partial charge in [-0.15, -0.1) is 0 Å². The van der Waals surface area contributed by atoms with Crippen LogP contribution in [0.3, 0.4) is 0 Å². The average molecular weight is 200 g/mol. The van der Waals surface area contributed by atoms with Crippen LogP contribution in [0, 0.1) is 11.8 Å². The Bertz CT molecular complexity index is 145. The molecule has 1 saturated carbocycles. The van der Waals surface area contributed by atoms with E-state index in [9.17, 15) is 0 Å². The first-order valence-electron chi connectivity index (χ1n) is 5.84. The second kappa shape index (κ2) is 4.72. The monoisotopic (exact) mass is 200 g/mol. The second-order valence-electron chi connectivity index (χ2n) is 4.76. The van der Waals surface area contributed by atoms with Crippen molar-refractivity contribution in [3.8, 4) is 0 Å². The van der Waals surface area contributed by atoms with Crippen LogP contribution in [-0.2, 0) is 0 Å². The van der Waals surface area contributed by atoms with Gasteiger partial charge in [0.05, 0.1) is 0 Å². The molecule has 0 radical (unpaired) electrons. The normalized spacial score (nSPS) is 37.4. The lowest BCUT2D eigenvalue weighted by atomic mass is 9.74. The van der Waals surface area contributed by atoms with Crippen molar-refractivity contribution in [1.29, 1.82) is 0 Å². The van der Waals surface area contributed by atoms with Crippen LogP contribution < -0.4 is 0 Å². The summed E-state index contributed by atoms with van der Waals surface area (Å²) in [5, 5.41) is 0. The molecular formula is C12H24S. The predicted octanol–water partition coefficient (Wildman–Crippen LogP) is 4.30. The van der Waals surface area contributed by atoms with Crippen molar-refractivity contribution < 1.29 is 0 Å². The standard InChI is InChI=1S/C12H24S/c1-4-10(3)12(13)8-6-11(5-2)7-9-12/h10-11,13H,4-9H2,1-3H3. The summed E-state index contributed by atoms with van der Waals surface area (Å²) >= 11 is 4.90. The topological polar surface area (TPSA) is 0 Å². The van der Waals surface area contributed by atoms with Gasteiger partial charge in [0, 0.05) is 4.75 Å². The number of thiol groups is 1. The number of hydrogen-bond donors (Lipinski definition) is 1. The van der Waals surface area contributed by atoms with Crippen LogP contribution in [-0.4, -0.2) is 4.75 Å². The minimum Gasteiger partial charge on any atom is -0.172 e. The van der Waals surface area contributed by atoms with Gasteiger partial charge in [-0.05, 0) is 37.5 Å². The maximum atomic E-state index is 4.90. The fourth-order valence-corrected chi connectivity index (χ4v) is 2.90. The molecule has 1 unspecified atom stereocenters. The summed E-state index contributed by atoms with van der Waals surface area (Å²) in [7, 11) is 0. The first-order valence-corrected chi connectivity index (χ1v) is 6.29. The molecule has 1 aliphatic carbocycles. The Morgan fingerprint density at radius 2 is 1.85 bits per heavy atom. The molecule has 0 heterocycles. The van der Waals surface area contributed by atoms with E-state index in [0.29, 0.717) is 4.75 Å². The van der Waals surface area contributed by atoms with Crippen molar-refractivity contribution in [2.24, 2.45) is 11.8 Å². The van der Waals surface area contributed by atoms with Crippen LogP contribution in [0.2, 0.25) is 0 Å². The highest BCUT2D eigenvalue weighted by molar-refractivity contribution is 7.81. The Balaban J connectivity index is 2.46. The molecule has 0 amide bonds. The van der Waals surface area contributed by atoms with Gasteiger partial charge in [0.15, 0.2) is 0 Å². The SMILES string of the molecule is CCC1CCC(S)(C(C)CC)CC1. The van der Waals surface area contributed by atoms with Crippen molar-refractivity contribution in [2.75, 3.05) is 0 Å². The molecule has 1 atom stereocenters. The van der Waals surface area contributed by atoms with Gasteiger partial charge in [-0.25, -0.2) is 0 Å². The molecule has 13 heavy (non-hydrogen) atoms. The zero-order valence-electron chi connectivity index (χ0n) is 9.34.